The van der Waals surface area contributed by atoms with Gasteiger partial charge in [0.2, 0.25) is 0 Å². The minimum atomic E-state index is -4.68. The van der Waals surface area contributed by atoms with Gasteiger partial charge in [0.15, 0.2) is 0 Å². The number of nitrogens with two attached hydrogens (primary N) is 1. The van der Waals surface area contributed by atoms with E-state index in [4.69, 9.17) is 5.73 Å². The van der Waals surface area contributed by atoms with Gasteiger partial charge in [0.1, 0.15) is 4.90 Å². The van der Waals surface area contributed by atoms with E-state index in [2.05, 4.69) is 20.5 Å². The van der Waals surface area contributed by atoms with Gasteiger partial charge in [0, 0.05) is 27.2 Å². The molecule has 0 saturated heterocycles. The Balaban J connectivity index is 1.67. The molecule has 0 heterocycles. The first-order chi connectivity index (χ1) is 20.1. The number of nitrogen functional groups attached to an aromatic ring is 1. The van der Waals surface area contributed by atoms with Crippen LogP contribution in [-0.4, -0.2) is 38.9 Å². The Bertz CT molecular complexity index is 2340. The van der Waals surface area contributed by atoms with Crippen LogP contribution in [0.5, 0.6) is 0 Å². The van der Waals surface area contributed by atoms with E-state index >= 15 is 0 Å². The van der Waals surface area contributed by atoms with Crippen molar-refractivity contribution < 1.29 is 38.9 Å². The van der Waals surface area contributed by atoms with Gasteiger partial charge in [-0.15, -0.1) is 15.3 Å². The third-order valence-corrected chi connectivity index (χ3v) is 8.78. The van der Waals surface area contributed by atoms with Crippen LogP contribution in [0.3, 0.4) is 0 Å². The largest absolute Gasteiger partial charge is 0.398 e. The van der Waals surface area contributed by atoms with E-state index in [1.165, 1.54) is 66.7 Å². The standard InChI is InChI=1S/C26H19N5O9S3/c27-21-9-10-24(26-19(21)5-2-6-25(26)43(38,39)40)31-30-23-12-11-22(18-8-7-17(14-20(18)23)42(35,36)37)29-28-15-3-1-4-16(13-15)41(32,33)34/h1-14H,27H2,(H,32,33,34)(H,35,36,37)(H,38,39,40). The Kier molecular flexibility index (Phi) is 7.55. The average molecular weight is 642 g/mol. The molecule has 43 heavy (non-hydrogen) atoms. The van der Waals surface area contributed by atoms with Crippen molar-refractivity contribution in [2.75, 3.05) is 5.73 Å². The van der Waals surface area contributed by atoms with Crippen molar-refractivity contribution in [3.63, 3.8) is 0 Å². The number of azo groups is 2. The van der Waals surface area contributed by atoms with Crippen molar-refractivity contribution in [3.05, 3.63) is 84.9 Å². The van der Waals surface area contributed by atoms with Crippen LogP contribution < -0.4 is 5.73 Å². The number of nitrogens with zero attached hydrogens (tertiary/aromatic N) is 4. The quantitative estimate of drug-likeness (QED) is 0.0898. The highest BCUT2D eigenvalue weighted by molar-refractivity contribution is 7.86. The van der Waals surface area contributed by atoms with Gasteiger partial charge in [-0.05, 0) is 60.7 Å². The highest BCUT2D eigenvalue weighted by atomic mass is 32.2. The molecule has 0 aliphatic heterocycles. The van der Waals surface area contributed by atoms with Gasteiger partial charge in [0.05, 0.1) is 32.5 Å². The summed E-state index contributed by atoms with van der Waals surface area (Å²) in [6, 6.07) is 18.5. The molecule has 0 amide bonds. The van der Waals surface area contributed by atoms with Crippen LogP contribution in [0, 0.1) is 0 Å². The Hall–Kier alpha value is -4.65. The minimum absolute atomic E-state index is 0.00854. The molecule has 0 fully saturated rings. The van der Waals surface area contributed by atoms with Crippen LogP contribution >= 0.6 is 0 Å². The first-order valence-electron chi connectivity index (χ1n) is 11.9. The third-order valence-electron chi connectivity index (χ3n) is 6.19. The Morgan fingerprint density at radius 3 is 1.77 bits per heavy atom. The molecule has 220 valence electrons. The lowest BCUT2D eigenvalue weighted by molar-refractivity contribution is 0.481. The molecule has 0 atom stereocenters. The van der Waals surface area contributed by atoms with Crippen LogP contribution in [0.25, 0.3) is 21.5 Å². The maximum Gasteiger partial charge on any atom is 0.295 e. The second kappa shape index (κ2) is 10.9. The third kappa shape index (κ3) is 6.26. The molecular formula is C26H19N5O9S3. The van der Waals surface area contributed by atoms with Crippen LogP contribution in [-0.2, 0) is 30.4 Å². The van der Waals surface area contributed by atoms with Crippen molar-refractivity contribution in [1.82, 2.24) is 0 Å². The summed E-state index contributed by atoms with van der Waals surface area (Å²) in [6.07, 6.45) is 0. The average Bonchev–Trinajstić information content (AvgIpc) is 2.94. The summed E-state index contributed by atoms with van der Waals surface area (Å²) in [5.41, 5.74) is 6.62. The van der Waals surface area contributed by atoms with E-state index in [0.29, 0.717) is 10.8 Å². The van der Waals surface area contributed by atoms with Crippen LogP contribution in [0.1, 0.15) is 0 Å². The van der Waals surface area contributed by atoms with Crippen LogP contribution in [0.15, 0.2) is 120 Å². The fourth-order valence-corrected chi connectivity index (χ4v) is 5.98. The molecule has 0 aromatic heterocycles. The smallest absolute Gasteiger partial charge is 0.295 e. The Morgan fingerprint density at radius 2 is 1.09 bits per heavy atom. The van der Waals surface area contributed by atoms with Crippen LogP contribution in [0.4, 0.5) is 28.4 Å². The maximum absolute atomic E-state index is 12.1. The lowest BCUT2D eigenvalue weighted by Gasteiger charge is -2.09. The van der Waals surface area contributed by atoms with E-state index in [9.17, 15) is 38.9 Å². The number of fused-ring (bicyclic) bond motifs is 2. The zero-order valence-corrected chi connectivity index (χ0v) is 23.9. The second-order valence-electron chi connectivity index (χ2n) is 8.99. The van der Waals surface area contributed by atoms with Crippen molar-refractivity contribution >= 4 is 80.3 Å². The summed E-state index contributed by atoms with van der Waals surface area (Å²) in [4.78, 5) is -1.30. The number of benzene rings is 5. The number of rotatable bonds is 7. The van der Waals surface area contributed by atoms with Crippen molar-refractivity contribution in [3.8, 4) is 0 Å². The summed E-state index contributed by atoms with van der Waals surface area (Å²) in [5, 5.41) is 17.2. The number of hydrogen-bond acceptors (Lipinski definition) is 11. The molecule has 5 aromatic carbocycles. The summed E-state index contributed by atoms with van der Waals surface area (Å²) < 4.78 is 99.5. The summed E-state index contributed by atoms with van der Waals surface area (Å²) in [7, 11) is -13.8. The molecule has 5 N–H and O–H groups in total. The zero-order valence-electron chi connectivity index (χ0n) is 21.5. The summed E-state index contributed by atoms with van der Waals surface area (Å²) in [6.45, 7) is 0. The van der Waals surface area contributed by atoms with E-state index in [1.807, 2.05) is 0 Å². The molecular weight excluding hydrogens is 623 g/mol. The van der Waals surface area contributed by atoms with Gasteiger partial charge in [-0.1, -0.05) is 24.3 Å². The summed E-state index contributed by atoms with van der Waals surface area (Å²) >= 11 is 0. The van der Waals surface area contributed by atoms with E-state index in [1.54, 1.807) is 0 Å². The predicted octanol–water partition coefficient (Wildman–Crippen LogP) is 6.15. The molecule has 0 saturated carbocycles. The molecule has 5 rings (SSSR count). The van der Waals surface area contributed by atoms with Gasteiger partial charge in [-0.3, -0.25) is 13.7 Å². The molecule has 0 aliphatic rings. The molecule has 0 bridgehead atoms. The monoisotopic (exact) mass is 641 g/mol. The fraction of sp³-hybridized carbons (Fsp3) is 0. The molecule has 14 nitrogen and oxygen atoms in total. The van der Waals surface area contributed by atoms with E-state index in [-0.39, 0.29) is 39.2 Å². The minimum Gasteiger partial charge on any atom is -0.398 e. The normalized spacial score (nSPS) is 13.0. The highest BCUT2D eigenvalue weighted by Crippen LogP contribution is 2.39. The van der Waals surface area contributed by atoms with E-state index < -0.39 is 45.0 Å². The van der Waals surface area contributed by atoms with Gasteiger partial charge in [-0.2, -0.15) is 30.4 Å². The SMILES string of the molecule is Nc1ccc(N=Nc2ccc(N=Nc3cccc(S(=O)(=O)O)c3)c3ccc(S(=O)(=O)O)cc23)c2c(S(=O)(=O)O)cccc12. The number of anilines is 1. The molecule has 0 unspecified atom stereocenters. The second-order valence-corrected chi connectivity index (χ2v) is 13.2. The van der Waals surface area contributed by atoms with E-state index in [0.717, 1.165) is 18.2 Å². The summed E-state index contributed by atoms with van der Waals surface area (Å²) in [5.74, 6) is 0. The van der Waals surface area contributed by atoms with Gasteiger partial charge in [0.25, 0.3) is 30.4 Å². The highest BCUT2D eigenvalue weighted by Gasteiger charge is 2.19. The molecule has 0 radical (unpaired) electrons. The van der Waals surface area contributed by atoms with Gasteiger partial charge >= 0.3 is 0 Å². The Morgan fingerprint density at radius 1 is 0.512 bits per heavy atom. The topological polar surface area (TPSA) is 239 Å². The van der Waals surface area contributed by atoms with Crippen molar-refractivity contribution in [2.24, 2.45) is 20.5 Å². The molecule has 5 aromatic rings. The molecule has 17 heteroatoms. The first kappa shape index (κ1) is 29.8. The van der Waals surface area contributed by atoms with Gasteiger partial charge < -0.3 is 5.73 Å². The van der Waals surface area contributed by atoms with Crippen molar-refractivity contribution in [2.45, 2.75) is 14.7 Å². The fourth-order valence-electron chi connectivity index (χ4n) is 4.23. The predicted molar refractivity (Wildman–Crippen MR) is 157 cm³/mol. The first-order valence-corrected chi connectivity index (χ1v) is 16.2. The lowest BCUT2D eigenvalue weighted by Crippen LogP contribution is -2.00. The molecule has 0 spiro atoms. The maximum atomic E-state index is 12.1. The van der Waals surface area contributed by atoms with Crippen molar-refractivity contribution in [1.29, 1.82) is 0 Å². The molecule has 0 aliphatic carbocycles. The zero-order chi connectivity index (χ0) is 31.2. The van der Waals surface area contributed by atoms with Gasteiger partial charge in [-0.25, -0.2) is 0 Å². The Labute approximate surface area is 244 Å². The van der Waals surface area contributed by atoms with Crippen LogP contribution in [0.2, 0.25) is 0 Å². The number of hydrogen-bond donors (Lipinski definition) is 4. The lowest BCUT2D eigenvalue weighted by atomic mass is 10.1.